The lowest BCUT2D eigenvalue weighted by atomic mass is 10.1. The number of carbonyl (C=O) groups excluding carboxylic acids is 3. The number of carbonyl (C=O) groups is 3. The number of hydrogen-bond donors (Lipinski definition) is 2. The van der Waals surface area contributed by atoms with Crippen LogP contribution >= 0.6 is 11.3 Å². The van der Waals surface area contributed by atoms with Crippen LogP contribution in [0.2, 0.25) is 0 Å². The van der Waals surface area contributed by atoms with Crippen LogP contribution < -0.4 is 16.2 Å². The first-order chi connectivity index (χ1) is 17.3. The minimum Gasteiger partial charge on any atom is -0.462 e. The molecule has 0 aliphatic rings. The Morgan fingerprint density at radius 3 is 2.17 bits per heavy atom. The summed E-state index contributed by atoms with van der Waals surface area (Å²) in [5.41, 5.74) is 2.31. The Labute approximate surface area is 210 Å². The predicted molar refractivity (Wildman–Crippen MR) is 138 cm³/mol. The van der Waals surface area contributed by atoms with Gasteiger partial charge in [-0.15, -0.1) is 0 Å². The lowest BCUT2D eigenvalue weighted by Gasteiger charge is -2.09. The van der Waals surface area contributed by atoms with E-state index in [2.05, 4.69) is 15.6 Å². The Morgan fingerprint density at radius 1 is 0.944 bits per heavy atom. The summed E-state index contributed by atoms with van der Waals surface area (Å²) in [6, 6.07) is 14.8. The molecule has 2 amide bonds. The van der Waals surface area contributed by atoms with Crippen molar-refractivity contribution < 1.29 is 19.1 Å². The summed E-state index contributed by atoms with van der Waals surface area (Å²) in [7, 11) is 0. The molecule has 2 N–H and O–H groups in total. The zero-order chi connectivity index (χ0) is 25.8. The molecule has 0 atom stereocenters. The van der Waals surface area contributed by atoms with E-state index in [1.807, 2.05) is 19.1 Å². The van der Waals surface area contributed by atoms with Crippen LogP contribution in [-0.2, 0) is 11.2 Å². The molecule has 36 heavy (non-hydrogen) atoms. The molecule has 4 aromatic rings. The smallest absolute Gasteiger partial charge is 0.338 e. The molecule has 0 aliphatic carbocycles. The molecule has 0 saturated carbocycles. The van der Waals surface area contributed by atoms with Gasteiger partial charge in [-0.3, -0.25) is 14.4 Å². The van der Waals surface area contributed by atoms with Gasteiger partial charge in [-0.05, 0) is 62.2 Å². The fraction of sp³-hybridized carbons (Fsp3) is 0.192. The van der Waals surface area contributed by atoms with Crippen molar-refractivity contribution in [2.75, 3.05) is 17.2 Å². The quantitative estimate of drug-likeness (QED) is 0.362. The van der Waals surface area contributed by atoms with Gasteiger partial charge in [0.2, 0.25) is 0 Å². The second kappa shape index (κ2) is 10.5. The Bertz CT molecular complexity index is 1500. The number of rotatable bonds is 7. The maximum atomic E-state index is 13.3. The second-order valence-electron chi connectivity index (χ2n) is 7.89. The number of aryl methyl sites for hydroxylation is 2. The first kappa shape index (κ1) is 24.8. The van der Waals surface area contributed by atoms with E-state index in [1.165, 1.54) is 18.2 Å². The largest absolute Gasteiger partial charge is 0.462 e. The normalized spacial score (nSPS) is 10.8. The fourth-order valence-corrected chi connectivity index (χ4v) is 4.62. The van der Waals surface area contributed by atoms with E-state index in [1.54, 1.807) is 38.1 Å². The number of anilines is 2. The highest BCUT2D eigenvalue weighted by Gasteiger charge is 2.26. The van der Waals surface area contributed by atoms with Crippen molar-refractivity contribution in [3.05, 3.63) is 92.3 Å². The summed E-state index contributed by atoms with van der Waals surface area (Å²) in [4.78, 5) is 55.8. The number of thiazole rings is 1. The highest BCUT2D eigenvalue weighted by Crippen LogP contribution is 2.24. The van der Waals surface area contributed by atoms with Crippen molar-refractivity contribution in [2.24, 2.45) is 0 Å². The Kier molecular flexibility index (Phi) is 7.25. The zero-order valence-electron chi connectivity index (χ0n) is 20.0. The number of benzene rings is 2. The predicted octanol–water partition coefficient (Wildman–Crippen LogP) is 4.31. The summed E-state index contributed by atoms with van der Waals surface area (Å²) in [6.07, 6.45) is 0.856. The van der Waals surface area contributed by atoms with Crippen LogP contribution in [0.15, 0.2) is 59.4 Å². The van der Waals surface area contributed by atoms with Gasteiger partial charge in [-0.2, -0.15) is 0 Å². The summed E-state index contributed by atoms with van der Waals surface area (Å²) < 4.78 is 6.11. The molecule has 0 bridgehead atoms. The third-order valence-electron chi connectivity index (χ3n) is 5.34. The first-order valence-electron chi connectivity index (χ1n) is 11.3. The van der Waals surface area contributed by atoms with Crippen LogP contribution in [0.4, 0.5) is 11.4 Å². The van der Waals surface area contributed by atoms with E-state index < -0.39 is 23.3 Å². The van der Waals surface area contributed by atoms with Crippen LogP contribution in [0, 0.1) is 6.92 Å². The first-order valence-corrected chi connectivity index (χ1v) is 12.1. The van der Waals surface area contributed by atoms with Crippen molar-refractivity contribution in [1.29, 1.82) is 0 Å². The molecule has 9 nitrogen and oxygen atoms in total. The van der Waals surface area contributed by atoms with Crippen LogP contribution in [0.25, 0.3) is 4.96 Å². The van der Waals surface area contributed by atoms with Gasteiger partial charge in [-0.1, -0.05) is 30.4 Å². The number of esters is 1. The van der Waals surface area contributed by atoms with Gasteiger partial charge in [0.15, 0.2) is 4.96 Å². The van der Waals surface area contributed by atoms with Crippen LogP contribution in [0.1, 0.15) is 55.6 Å². The Balaban J connectivity index is 1.68. The highest BCUT2D eigenvalue weighted by molar-refractivity contribution is 7.19. The van der Waals surface area contributed by atoms with Gasteiger partial charge in [0.1, 0.15) is 10.6 Å². The average molecular weight is 505 g/mol. The molecule has 0 saturated heterocycles. The van der Waals surface area contributed by atoms with Gasteiger partial charge in [0, 0.05) is 23.1 Å². The molecular weight excluding hydrogens is 480 g/mol. The standard InChI is InChI=1S/C26H24N4O5S/c1-4-16-6-10-18(11-7-16)28-23(32)21-22(36-26-27-15(3)14-20(31)30(21)26)24(33)29-19-12-8-17(9-13-19)25(34)35-5-2/h6-14H,4-5H2,1-3H3,(H,28,32)(H,29,33). The van der Waals surface area contributed by atoms with E-state index in [0.29, 0.717) is 22.6 Å². The highest BCUT2D eigenvalue weighted by atomic mass is 32.1. The lowest BCUT2D eigenvalue weighted by molar-refractivity contribution is 0.0526. The van der Waals surface area contributed by atoms with Gasteiger partial charge in [-0.25, -0.2) is 14.2 Å². The molecule has 4 rings (SSSR count). The van der Waals surface area contributed by atoms with Gasteiger partial charge >= 0.3 is 5.97 Å². The monoisotopic (exact) mass is 504 g/mol. The van der Waals surface area contributed by atoms with Gasteiger partial charge in [0.05, 0.1) is 12.2 Å². The van der Waals surface area contributed by atoms with Gasteiger partial charge < -0.3 is 15.4 Å². The topological polar surface area (TPSA) is 119 Å². The SMILES string of the molecule is CCOC(=O)c1ccc(NC(=O)c2sc3nc(C)cc(=O)n3c2C(=O)Nc2ccc(CC)cc2)cc1. The van der Waals surface area contributed by atoms with Crippen LogP contribution in [-0.4, -0.2) is 33.8 Å². The van der Waals surface area contributed by atoms with E-state index in [4.69, 9.17) is 4.74 Å². The molecule has 2 aromatic heterocycles. The second-order valence-corrected chi connectivity index (χ2v) is 8.87. The fourth-order valence-electron chi connectivity index (χ4n) is 3.55. The Hall–Kier alpha value is -4.31. The summed E-state index contributed by atoms with van der Waals surface area (Å²) in [6.45, 7) is 5.67. The van der Waals surface area contributed by atoms with E-state index >= 15 is 0 Å². The third kappa shape index (κ3) is 5.18. The zero-order valence-corrected chi connectivity index (χ0v) is 20.8. The molecule has 2 aromatic carbocycles. The van der Waals surface area contributed by atoms with Gasteiger partial charge in [0.25, 0.3) is 17.4 Å². The molecule has 0 aliphatic heterocycles. The summed E-state index contributed by atoms with van der Waals surface area (Å²) >= 11 is 0.944. The van der Waals surface area contributed by atoms with Crippen molar-refractivity contribution in [3.8, 4) is 0 Å². The summed E-state index contributed by atoms with van der Waals surface area (Å²) in [5, 5.41) is 5.49. The van der Waals surface area contributed by atoms with Crippen LogP contribution in [0.5, 0.6) is 0 Å². The summed E-state index contributed by atoms with van der Waals surface area (Å²) in [5.74, 6) is -1.66. The van der Waals surface area contributed by atoms with E-state index in [9.17, 15) is 19.2 Å². The van der Waals surface area contributed by atoms with Crippen LogP contribution in [0.3, 0.4) is 0 Å². The number of hydrogen-bond acceptors (Lipinski definition) is 7. The lowest BCUT2D eigenvalue weighted by Crippen LogP contribution is -2.25. The van der Waals surface area contributed by atoms with E-state index in [-0.39, 0.29) is 22.1 Å². The molecule has 0 unspecified atom stereocenters. The van der Waals surface area contributed by atoms with E-state index in [0.717, 1.165) is 27.7 Å². The molecule has 184 valence electrons. The maximum Gasteiger partial charge on any atom is 0.338 e. The number of ether oxygens (including phenoxy) is 1. The minimum atomic E-state index is -0.610. The van der Waals surface area contributed by atoms with Crippen molar-refractivity contribution in [2.45, 2.75) is 27.2 Å². The number of nitrogens with zero attached hydrogens (tertiary/aromatic N) is 2. The van der Waals surface area contributed by atoms with Crippen molar-refractivity contribution >= 4 is 45.5 Å². The van der Waals surface area contributed by atoms with Crippen molar-refractivity contribution in [3.63, 3.8) is 0 Å². The molecule has 0 spiro atoms. The molecule has 10 heteroatoms. The molecule has 2 heterocycles. The maximum absolute atomic E-state index is 13.3. The third-order valence-corrected chi connectivity index (χ3v) is 6.38. The number of fused-ring (bicyclic) bond motifs is 1. The average Bonchev–Trinajstić information content (AvgIpc) is 3.25. The minimum absolute atomic E-state index is 0.0300. The van der Waals surface area contributed by atoms with Crippen molar-refractivity contribution in [1.82, 2.24) is 9.38 Å². The Morgan fingerprint density at radius 2 is 1.56 bits per heavy atom. The molecule has 0 fully saturated rings. The number of aromatic nitrogens is 2. The molecule has 0 radical (unpaired) electrons. The number of nitrogens with one attached hydrogen (secondary N) is 2. The molecular formula is C26H24N4O5S. The number of amides is 2.